The van der Waals surface area contributed by atoms with E-state index in [2.05, 4.69) is 15.3 Å². The van der Waals surface area contributed by atoms with Crippen molar-refractivity contribution in [2.75, 3.05) is 30.0 Å². The molecule has 1 amide bonds. The Morgan fingerprint density at radius 1 is 1.11 bits per heavy atom. The highest BCUT2D eigenvalue weighted by molar-refractivity contribution is 6.04. The predicted molar refractivity (Wildman–Crippen MR) is 106 cm³/mol. The molecular weight excluding hydrogens is 342 g/mol. The van der Waals surface area contributed by atoms with Gasteiger partial charge < -0.3 is 20.7 Å². The lowest BCUT2D eigenvalue weighted by molar-refractivity contribution is 0.102. The number of nitrogens with zero attached hydrogens (tertiary/aromatic N) is 3. The van der Waals surface area contributed by atoms with Gasteiger partial charge in [-0.05, 0) is 48.0 Å². The van der Waals surface area contributed by atoms with Gasteiger partial charge in [-0.25, -0.2) is 9.97 Å². The Morgan fingerprint density at radius 3 is 2.74 bits per heavy atom. The lowest BCUT2D eigenvalue weighted by atomic mass is 10.2. The highest BCUT2D eigenvalue weighted by Gasteiger charge is 2.09. The molecule has 7 heteroatoms. The van der Waals surface area contributed by atoms with Gasteiger partial charge in [0.25, 0.3) is 5.91 Å². The van der Waals surface area contributed by atoms with E-state index in [0.717, 1.165) is 11.3 Å². The number of hydrogen-bond acceptors (Lipinski definition) is 6. The predicted octanol–water partition coefficient (Wildman–Crippen LogP) is 2.96. The summed E-state index contributed by atoms with van der Waals surface area (Å²) in [6, 6.07) is 14.5. The number of nitrogens with two attached hydrogens (primary N) is 1. The van der Waals surface area contributed by atoms with Crippen molar-refractivity contribution in [3.05, 3.63) is 72.1 Å². The second kappa shape index (κ2) is 8.18. The molecule has 0 aliphatic rings. The van der Waals surface area contributed by atoms with Gasteiger partial charge in [0.1, 0.15) is 12.4 Å². The van der Waals surface area contributed by atoms with Crippen molar-refractivity contribution in [1.29, 1.82) is 0 Å². The molecule has 0 saturated heterocycles. The van der Waals surface area contributed by atoms with Crippen molar-refractivity contribution in [3.8, 4) is 5.75 Å². The molecule has 138 valence electrons. The summed E-state index contributed by atoms with van der Waals surface area (Å²) >= 11 is 0. The zero-order valence-electron chi connectivity index (χ0n) is 15.2. The van der Waals surface area contributed by atoms with Crippen LogP contribution in [-0.2, 0) is 6.61 Å². The number of ether oxygens (including phenoxy) is 1. The number of nitrogen functional groups attached to an aromatic ring is 1. The van der Waals surface area contributed by atoms with Gasteiger partial charge in [-0.2, -0.15) is 0 Å². The summed E-state index contributed by atoms with van der Waals surface area (Å²) in [6.45, 7) is 0.289. The van der Waals surface area contributed by atoms with E-state index in [-0.39, 0.29) is 12.5 Å². The van der Waals surface area contributed by atoms with Crippen molar-refractivity contribution < 1.29 is 9.53 Å². The second-order valence-corrected chi connectivity index (χ2v) is 6.12. The van der Waals surface area contributed by atoms with E-state index < -0.39 is 0 Å². The van der Waals surface area contributed by atoms with Crippen LogP contribution in [0.15, 0.2) is 60.9 Å². The lowest BCUT2D eigenvalue weighted by Gasteiger charge is -2.13. The van der Waals surface area contributed by atoms with Crippen molar-refractivity contribution in [3.63, 3.8) is 0 Å². The largest absolute Gasteiger partial charge is 0.485 e. The molecule has 2 heterocycles. The van der Waals surface area contributed by atoms with Crippen LogP contribution in [0.3, 0.4) is 0 Å². The molecule has 3 N–H and O–H groups in total. The molecule has 0 atom stereocenters. The Bertz CT molecular complexity index is 943. The van der Waals surface area contributed by atoms with Crippen LogP contribution in [0.4, 0.5) is 17.3 Å². The van der Waals surface area contributed by atoms with E-state index >= 15 is 0 Å². The zero-order valence-corrected chi connectivity index (χ0v) is 15.2. The fourth-order valence-corrected chi connectivity index (χ4v) is 2.43. The summed E-state index contributed by atoms with van der Waals surface area (Å²) < 4.78 is 5.68. The van der Waals surface area contributed by atoms with Crippen LogP contribution in [0.1, 0.15) is 15.9 Å². The molecule has 3 rings (SSSR count). The maximum Gasteiger partial charge on any atom is 0.256 e. The van der Waals surface area contributed by atoms with Crippen LogP contribution in [0, 0.1) is 0 Å². The number of amides is 1. The van der Waals surface area contributed by atoms with Crippen LogP contribution in [0.5, 0.6) is 5.75 Å². The normalized spacial score (nSPS) is 10.3. The van der Waals surface area contributed by atoms with E-state index in [0.29, 0.717) is 22.9 Å². The number of aromatic nitrogens is 2. The first-order chi connectivity index (χ1) is 13.0. The smallest absolute Gasteiger partial charge is 0.256 e. The molecule has 27 heavy (non-hydrogen) atoms. The van der Waals surface area contributed by atoms with Gasteiger partial charge in [0.05, 0.1) is 0 Å². The van der Waals surface area contributed by atoms with E-state index in [4.69, 9.17) is 10.5 Å². The summed E-state index contributed by atoms with van der Waals surface area (Å²) in [4.78, 5) is 22.6. The van der Waals surface area contributed by atoms with Crippen LogP contribution in [-0.4, -0.2) is 30.0 Å². The average molecular weight is 363 g/mol. The molecule has 1 aromatic carbocycles. The number of carbonyl (C=O) groups is 1. The summed E-state index contributed by atoms with van der Waals surface area (Å²) in [5.41, 5.74) is 8.14. The first kappa shape index (κ1) is 18.2. The highest BCUT2D eigenvalue weighted by atomic mass is 16.5. The molecular formula is C20H21N5O2. The molecule has 0 spiro atoms. The first-order valence-corrected chi connectivity index (χ1v) is 8.40. The Morgan fingerprint density at radius 2 is 1.96 bits per heavy atom. The Labute approximate surface area is 157 Å². The zero-order chi connectivity index (χ0) is 19.2. The summed E-state index contributed by atoms with van der Waals surface area (Å²) in [6.07, 6.45) is 3.23. The number of benzene rings is 1. The lowest BCUT2D eigenvalue weighted by Crippen LogP contribution is -2.15. The number of carbonyl (C=O) groups excluding carboxylic acids is 1. The van der Waals surface area contributed by atoms with Crippen LogP contribution in [0.2, 0.25) is 0 Å². The summed E-state index contributed by atoms with van der Waals surface area (Å²) in [5, 5.41) is 2.81. The minimum absolute atomic E-state index is 0.222. The average Bonchev–Trinajstić information content (AvgIpc) is 2.68. The second-order valence-electron chi connectivity index (χ2n) is 6.12. The van der Waals surface area contributed by atoms with Crippen LogP contribution < -0.4 is 20.7 Å². The Hall–Kier alpha value is -3.61. The third-order valence-electron chi connectivity index (χ3n) is 3.88. The third kappa shape index (κ3) is 4.72. The fraction of sp³-hybridized carbons (Fsp3) is 0.150. The molecule has 0 aliphatic carbocycles. The number of nitrogens with one attached hydrogen (secondary N) is 1. The van der Waals surface area contributed by atoms with Gasteiger partial charge in [0, 0.05) is 37.7 Å². The maximum atomic E-state index is 12.5. The van der Waals surface area contributed by atoms with Crippen LogP contribution >= 0.6 is 0 Å². The van der Waals surface area contributed by atoms with E-state index in [1.807, 2.05) is 43.3 Å². The Balaban J connectivity index is 1.67. The summed E-state index contributed by atoms with van der Waals surface area (Å²) in [5.74, 6) is 1.08. The van der Waals surface area contributed by atoms with E-state index in [1.54, 1.807) is 36.7 Å². The topological polar surface area (TPSA) is 93.4 Å². The molecule has 7 nitrogen and oxygen atoms in total. The Kier molecular flexibility index (Phi) is 5.51. The van der Waals surface area contributed by atoms with Crippen molar-refractivity contribution in [2.24, 2.45) is 0 Å². The molecule has 0 fully saturated rings. The van der Waals surface area contributed by atoms with E-state index in [1.165, 1.54) is 0 Å². The molecule has 0 bridgehead atoms. The van der Waals surface area contributed by atoms with Crippen molar-refractivity contribution in [1.82, 2.24) is 9.97 Å². The van der Waals surface area contributed by atoms with E-state index in [9.17, 15) is 4.79 Å². The van der Waals surface area contributed by atoms with Crippen molar-refractivity contribution >= 4 is 23.2 Å². The molecule has 3 aromatic rings. The van der Waals surface area contributed by atoms with Gasteiger partial charge in [-0.3, -0.25) is 4.79 Å². The number of hydrogen-bond donors (Lipinski definition) is 2. The molecule has 0 saturated carbocycles. The molecule has 0 aliphatic heterocycles. The summed E-state index contributed by atoms with van der Waals surface area (Å²) in [7, 11) is 3.86. The quantitative estimate of drug-likeness (QED) is 0.699. The molecule has 0 radical (unpaired) electrons. The van der Waals surface area contributed by atoms with Crippen molar-refractivity contribution in [2.45, 2.75) is 6.61 Å². The minimum Gasteiger partial charge on any atom is -0.485 e. The highest BCUT2D eigenvalue weighted by Crippen LogP contribution is 2.19. The SMILES string of the molecule is CN(C)c1cccc(C(=O)Nc2cc(COc3cccnc3N)ccn2)c1. The number of pyridine rings is 2. The molecule has 0 unspecified atom stereocenters. The van der Waals surface area contributed by atoms with Gasteiger partial charge in [-0.1, -0.05) is 6.07 Å². The van der Waals surface area contributed by atoms with Gasteiger partial charge in [0.15, 0.2) is 11.6 Å². The monoisotopic (exact) mass is 363 g/mol. The fourth-order valence-electron chi connectivity index (χ4n) is 2.43. The third-order valence-corrected chi connectivity index (χ3v) is 3.88. The first-order valence-electron chi connectivity index (χ1n) is 8.40. The van der Waals surface area contributed by atoms with Gasteiger partial charge in [0.2, 0.25) is 0 Å². The standard InChI is InChI=1S/C20H21N5O2/c1-25(2)16-6-3-5-15(12-16)20(26)24-18-11-14(8-10-22-18)13-27-17-7-4-9-23-19(17)21/h3-12H,13H2,1-2H3,(H2,21,23)(H,22,24,26). The molecule has 2 aromatic heterocycles. The van der Waals surface area contributed by atoms with Gasteiger partial charge in [-0.15, -0.1) is 0 Å². The number of rotatable bonds is 6. The maximum absolute atomic E-state index is 12.5. The minimum atomic E-state index is -0.222. The number of anilines is 3. The van der Waals surface area contributed by atoms with Gasteiger partial charge >= 0.3 is 0 Å². The van der Waals surface area contributed by atoms with Crippen LogP contribution in [0.25, 0.3) is 0 Å².